The van der Waals surface area contributed by atoms with Gasteiger partial charge >= 0.3 is 0 Å². The molecule has 6 rings (SSSR count). The summed E-state index contributed by atoms with van der Waals surface area (Å²) in [7, 11) is 1.16. The van der Waals surface area contributed by atoms with Crippen LogP contribution in [0, 0.1) is 5.82 Å². The van der Waals surface area contributed by atoms with Crippen LogP contribution >= 0.6 is 18.7 Å². The van der Waals surface area contributed by atoms with Gasteiger partial charge in [-0.25, -0.2) is 14.4 Å². The van der Waals surface area contributed by atoms with Crippen LogP contribution in [-0.4, -0.2) is 78.6 Å². The van der Waals surface area contributed by atoms with E-state index in [2.05, 4.69) is 15.2 Å². The van der Waals surface area contributed by atoms with Gasteiger partial charge in [0.2, 0.25) is 5.95 Å². The van der Waals surface area contributed by atoms with E-state index in [0.29, 0.717) is 66.9 Å². The van der Waals surface area contributed by atoms with Gasteiger partial charge in [0, 0.05) is 55.5 Å². The molecule has 0 saturated carbocycles. The third-order valence-corrected chi connectivity index (χ3v) is 10.8. The SMILES string of the molecule is CN(C)C1CN(c2nc(P3(=O)CCNCC3)c3cc(Cl)c(-c4cc(O)cc5ccccc45)c(F)c3n2)C1. The Morgan fingerprint density at radius 3 is 2.57 bits per heavy atom. The van der Waals surface area contributed by atoms with E-state index in [9.17, 15) is 9.67 Å². The fourth-order valence-corrected chi connectivity index (χ4v) is 8.14. The summed E-state index contributed by atoms with van der Waals surface area (Å²) in [6, 6.07) is 12.6. The van der Waals surface area contributed by atoms with Gasteiger partial charge in [-0.3, -0.25) is 0 Å². The Labute approximate surface area is 219 Å². The molecule has 10 heteroatoms. The van der Waals surface area contributed by atoms with Crippen LogP contribution in [0.25, 0.3) is 32.8 Å². The molecule has 0 radical (unpaired) electrons. The Morgan fingerprint density at radius 2 is 1.84 bits per heavy atom. The molecule has 2 aliphatic rings. The molecule has 7 nitrogen and oxygen atoms in total. The Bertz CT molecular complexity index is 1580. The number of phenolic OH excluding ortho intramolecular Hbond substituents is 1. The fourth-order valence-electron chi connectivity index (χ4n) is 5.28. The van der Waals surface area contributed by atoms with Crippen molar-refractivity contribution in [2.24, 2.45) is 0 Å². The number of rotatable bonds is 4. The second-order valence-electron chi connectivity index (χ2n) is 10.1. The van der Waals surface area contributed by atoms with Crippen molar-refractivity contribution in [3.63, 3.8) is 0 Å². The maximum absolute atomic E-state index is 16.5. The Hall–Kier alpha value is -2.77. The first-order valence-electron chi connectivity index (χ1n) is 12.4. The molecule has 3 aromatic carbocycles. The van der Waals surface area contributed by atoms with E-state index in [-0.39, 0.29) is 21.9 Å². The molecule has 0 bridgehead atoms. The van der Waals surface area contributed by atoms with Crippen molar-refractivity contribution in [2.45, 2.75) is 6.04 Å². The van der Waals surface area contributed by atoms with Crippen molar-refractivity contribution in [1.29, 1.82) is 0 Å². The zero-order valence-corrected chi connectivity index (χ0v) is 22.4. The molecule has 2 N–H and O–H groups in total. The minimum atomic E-state index is -2.89. The summed E-state index contributed by atoms with van der Waals surface area (Å²) in [6.45, 7) is 2.66. The van der Waals surface area contributed by atoms with Gasteiger partial charge in [-0.1, -0.05) is 35.9 Å². The topological polar surface area (TPSA) is 81.6 Å². The lowest BCUT2D eigenvalue weighted by Crippen LogP contribution is -2.58. The van der Waals surface area contributed by atoms with Crippen molar-refractivity contribution in [3.8, 4) is 16.9 Å². The minimum absolute atomic E-state index is 0.0165. The van der Waals surface area contributed by atoms with E-state index >= 15 is 4.39 Å². The molecule has 0 unspecified atom stereocenters. The van der Waals surface area contributed by atoms with Gasteiger partial charge in [-0.05, 0) is 48.6 Å². The number of hydrogen-bond acceptors (Lipinski definition) is 7. The number of likely N-dealkylation sites (N-methyl/N-ethyl adjacent to an activating group) is 1. The van der Waals surface area contributed by atoms with Gasteiger partial charge in [0.25, 0.3) is 0 Å². The zero-order valence-electron chi connectivity index (χ0n) is 20.7. The van der Waals surface area contributed by atoms with E-state index in [1.807, 2.05) is 43.3 Å². The molecule has 37 heavy (non-hydrogen) atoms. The molecule has 0 atom stereocenters. The van der Waals surface area contributed by atoms with Crippen molar-refractivity contribution in [1.82, 2.24) is 20.2 Å². The third kappa shape index (κ3) is 4.16. The summed E-state index contributed by atoms with van der Waals surface area (Å²) in [5.74, 6) is -0.195. The molecule has 2 aliphatic heterocycles. The number of nitrogens with zero attached hydrogens (tertiary/aromatic N) is 4. The van der Waals surface area contributed by atoms with Crippen LogP contribution in [0.4, 0.5) is 10.3 Å². The maximum Gasteiger partial charge on any atom is 0.226 e. The first-order valence-corrected chi connectivity index (χ1v) is 14.8. The highest BCUT2D eigenvalue weighted by atomic mass is 35.5. The predicted molar refractivity (Wildman–Crippen MR) is 149 cm³/mol. The molecular weight excluding hydrogens is 512 g/mol. The number of phenols is 1. The first kappa shape index (κ1) is 24.6. The maximum atomic E-state index is 16.5. The van der Waals surface area contributed by atoms with Crippen LogP contribution in [0.1, 0.15) is 0 Å². The number of anilines is 1. The smallest absolute Gasteiger partial charge is 0.226 e. The highest BCUT2D eigenvalue weighted by molar-refractivity contribution is 7.72. The summed E-state index contributed by atoms with van der Waals surface area (Å²) in [6.07, 6.45) is 0.911. The monoisotopic (exact) mass is 539 g/mol. The summed E-state index contributed by atoms with van der Waals surface area (Å²) < 4.78 is 30.7. The third-order valence-electron chi connectivity index (χ3n) is 7.53. The highest BCUT2D eigenvalue weighted by Crippen LogP contribution is 2.48. The molecule has 2 saturated heterocycles. The Morgan fingerprint density at radius 1 is 1.11 bits per heavy atom. The Balaban J connectivity index is 1.60. The van der Waals surface area contributed by atoms with Crippen LogP contribution in [0.5, 0.6) is 5.75 Å². The average Bonchev–Trinajstić information content (AvgIpc) is 2.83. The Kier molecular flexibility index (Phi) is 6.11. The van der Waals surface area contributed by atoms with Crippen LogP contribution in [-0.2, 0) is 4.57 Å². The number of nitrogens with one attached hydrogen (secondary N) is 1. The summed E-state index contributed by atoms with van der Waals surface area (Å²) in [5, 5.41) is 15.7. The molecule has 192 valence electrons. The van der Waals surface area contributed by atoms with Crippen LogP contribution in [0.15, 0.2) is 42.5 Å². The van der Waals surface area contributed by atoms with E-state index in [4.69, 9.17) is 16.6 Å². The first-order chi connectivity index (χ1) is 17.7. The number of aromatic nitrogens is 2. The number of hydrogen-bond donors (Lipinski definition) is 2. The predicted octanol–water partition coefficient (Wildman–Crippen LogP) is 4.29. The molecule has 4 aromatic rings. The molecule has 3 heterocycles. The van der Waals surface area contributed by atoms with E-state index in [1.165, 1.54) is 6.07 Å². The van der Waals surface area contributed by atoms with Crippen molar-refractivity contribution < 1.29 is 14.1 Å². The molecule has 0 amide bonds. The lowest BCUT2D eigenvalue weighted by atomic mass is 9.96. The summed E-state index contributed by atoms with van der Waals surface area (Å²) in [4.78, 5) is 13.6. The second kappa shape index (κ2) is 9.21. The molecule has 1 aromatic heterocycles. The average molecular weight is 540 g/mol. The van der Waals surface area contributed by atoms with Crippen LogP contribution in [0.3, 0.4) is 0 Å². The van der Waals surface area contributed by atoms with Gasteiger partial charge in [-0.2, -0.15) is 0 Å². The van der Waals surface area contributed by atoms with Gasteiger partial charge in [0.15, 0.2) is 5.82 Å². The quantitative estimate of drug-likeness (QED) is 0.374. The lowest BCUT2D eigenvalue weighted by Gasteiger charge is -2.43. The van der Waals surface area contributed by atoms with Gasteiger partial charge < -0.3 is 24.8 Å². The standard InChI is InChI=1S/C27H28ClFN5O2P/c1-33(2)17-14-34(15-17)27-31-25-21(26(32-27)37(36)9-7-30-8-10-37)13-22(28)23(24(25)29)20-12-18(35)11-16-5-3-4-6-19(16)20/h3-6,11-13,17,30,35H,7-10,14-15H2,1-2H3. The molecule has 0 aliphatic carbocycles. The number of halogens is 2. The molecule has 2 fully saturated rings. The fraction of sp³-hybridized carbons (Fsp3) is 0.333. The largest absolute Gasteiger partial charge is 0.508 e. The van der Waals surface area contributed by atoms with E-state index in [1.54, 1.807) is 12.1 Å². The second-order valence-corrected chi connectivity index (χ2v) is 13.6. The van der Waals surface area contributed by atoms with Crippen LogP contribution < -0.4 is 15.7 Å². The van der Waals surface area contributed by atoms with Crippen molar-refractivity contribution in [2.75, 3.05) is 57.5 Å². The van der Waals surface area contributed by atoms with Crippen LogP contribution in [0.2, 0.25) is 5.02 Å². The van der Waals surface area contributed by atoms with E-state index in [0.717, 1.165) is 10.8 Å². The minimum Gasteiger partial charge on any atom is -0.508 e. The van der Waals surface area contributed by atoms with Gasteiger partial charge in [0.05, 0.1) is 5.02 Å². The number of benzene rings is 3. The van der Waals surface area contributed by atoms with E-state index < -0.39 is 13.0 Å². The molecular formula is C27H28ClFN5O2P. The van der Waals surface area contributed by atoms with Crippen molar-refractivity contribution in [3.05, 3.63) is 53.3 Å². The number of aromatic hydroxyl groups is 1. The summed E-state index contributed by atoms with van der Waals surface area (Å²) >= 11 is 6.75. The number of fused-ring (bicyclic) bond motifs is 2. The van der Waals surface area contributed by atoms with Gasteiger partial charge in [-0.15, -0.1) is 0 Å². The van der Waals surface area contributed by atoms with Gasteiger partial charge in [0.1, 0.15) is 23.8 Å². The zero-order chi connectivity index (χ0) is 25.9. The molecule has 0 spiro atoms. The lowest BCUT2D eigenvalue weighted by molar-refractivity contribution is 0.245. The summed E-state index contributed by atoms with van der Waals surface area (Å²) in [5.41, 5.74) is 1.16. The van der Waals surface area contributed by atoms with Crippen molar-refractivity contribution >= 4 is 51.8 Å². The normalized spacial score (nSPS) is 18.0. The highest BCUT2D eigenvalue weighted by Gasteiger charge is 2.36.